The molecule has 0 N–H and O–H groups in total. The van der Waals surface area contributed by atoms with Crippen LogP contribution in [0, 0.1) is 5.82 Å². The maximum atomic E-state index is 13.9. The number of hydrogen-bond donors (Lipinski definition) is 0. The number of hydrogen-bond acceptors (Lipinski definition) is 2. The van der Waals surface area contributed by atoms with E-state index in [1.807, 2.05) is 0 Å². The highest BCUT2D eigenvalue weighted by Crippen LogP contribution is 2.29. The van der Waals surface area contributed by atoms with Crippen molar-refractivity contribution in [3.05, 3.63) is 102 Å². The summed E-state index contributed by atoms with van der Waals surface area (Å²) in [6, 6.07) is 25.9. The number of halogens is 1. The molecule has 5 rings (SSSR count). The van der Waals surface area contributed by atoms with Crippen molar-refractivity contribution in [3.8, 4) is 5.75 Å². The number of para-hydroxylation sites is 2. The summed E-state index contributed by atoms with van der Waals surface area (Å²) < 4.78 is 22.2. The number of rotatable bonds is 6. The lowest BCUT2D eigenvalue weighted by Crippen LogP contribution is -2.26. The minimum atomic E-state index is -0.306. The number of fused-ring (bicyclic) bond motifs is 3. The van der Waals surface area contributed by atoms with Crippen molar-refractivity contribution in [2.75, 3.05) is 19.7 Å². The van der Waals surface area contributed by atoms with Gasteiger partial charge in [0.05, 0.1) is 6.61 Å². The van der Waals surface area contributed by atoms with Crippen molar-refractivity contribution in [1.29, 1.82) is 0 Å². The Morgan fingerprint density at radius 2 is 1.58 bits per heavy atom. The van der Waals surface area contributed by atoms with E-state index < -0.39 is 0 Å². The van der Waals surface area contributed by atoms with Crippen LogP contribution in [0.5, 0.6) is 5.75 Å². The maximum Gasteiger partial charge on any atom is 0.165 e. The average molecular weight is 415 g/mol. The third-order valence-electron chi connectivity index (χ3n) is 6.19. The maximum absolute atomic E-state index is 13.9. The van der Waals surface area contributed by atoms with Crippen molar-refractivity contribution in [2.45, 2.75) is 25.9 Å². The van der Waals surface area contributed by atoms with Gasteiger partial charge in [0.1, 0.15) is 0 Å². The fraction of sp³-hybridized carbons (Fsp3) is 0.259. The summed E-state index contributed by atoms with van der Waals surface area (Å²) in [4.78, 5) is 2.54. The second-order valence-corrected chi connectivity index (χ2v) is 8.13. The Morgan fingerprint density at radius 1 is 0.806 bits per heavy atom. The highest BCUT2D eigenvalue weighted by molar-refractivity contribution is 5.85. The van der Waals surface area contributed by atoms with Gasteiger partial charge >= 0.3 is 0 Å². The number of benzene rings is 3. The molecular weight excluding hydrogens is 387 g/mol. The van der Waals surface area contributed by atoms with Gasteiger partial charge in [-0.15, -0.1) is 0 Å². The molecule has 0 fully saturated rings. The molecule has 2 heterocycles. The van der Waals surface area contributed by atoms with Crippen LogP contribution in [-0.4, -0.2) is 29.2 Å². The molecule has 4 heteroatoms. The Balaban J connectivity index is 1.36. The minimum absolute atomic E-state index is 0.306. The van der Waals surface area contributed by atoms with Gasteiger partial charge in [0.25, 0.3) is 0 Å². The van der Waals surface area contributed by atoms with Gasteiger partial charge in [-0.3, -0.25) is 4.90 Å². The van der Waals surface area contributed by atoms with Crippen LogP contribution in [0.3, 0.4) is 0 Å². The summed E-state index contributed by atoms with van der Waals surface area (Å²) in [5, 5.41) is 1.30. The molecule has 0 bridgehead atoms. The molecular formula is C27H27FN2O. The van der Waals surface area contributed by atoms with Crippen molar-refractivity contribution >= 4 is 10.9 Å². The van der Waals surface area contributed by atoms with Crippen molar-refractivity contribution in [3.63, 3.8) is 0 Å². The quantitative estimate of drug-likeness (QED) is 0.417. The van der Waals surface area contributed by atoms with Crippen LogP contribution >= 0.6 is 0 Å². The average Bonchev–Trinajstić information content (AvgIpc) is 2.94. The fourth-order valence-electron chi connectivity index (χ4n) is 4.69. The van der Waals surface area contributed by atoms with Crippen LogP contribution in [-0.2, 0) is 25.9 Å². The van der Waals surface area contributed by atoms with E-state index in [-0.39, 0.29) is 5.82 Å². The number of nitrogens with zero attached hydrogens (tertiary/aromatic N) is 2. The summed E-state index contributed by atoms with van der Waals surface area (Å²) in [6.45, 7) is 4.50. The van der Waals surface area contributed by atoms with E-state index in [0.717, 1.165) is 39.0 Å². The van der Waals surface area contributed by atoms with E-state index in [2.05, 4.69) is 64.1 Å². The summed E-state index contributed by atoms with van der Waals surface area (Å²) in [5.41, 5.74) is 5.39. The van der Waals surface area contributed by atoms with E-state index >= 15 is 0 Å². The van der Waals surface area contributed by atoms with Crippen LogP contribution in [0.15, 0.2) is 78.9 Å². The number of aromatic nitrogens is 1. The van der Waals surface area contributed by atoms with E-state index in [4.69, 9.17) is 4.74 Å². The summed E-state index contributed by atoms with van der Waals surface area (Å²) in [7, 11) is 0. The topological polar surface area (TPSA) is 17.4 Å². The van der Waals surface area contributed by atoms with Crippen LogP contribution in [0.25, 0.3) is 10.9 Å². The summed E-state index contributed by atoms with van der Waals surface area (Å²) in [6.07, 6.45) is 1.78. The van der Waals surface area contributed by atoms with Gasteiger partial charge in [0.15, 0.2) is 11.6 Å². The van der Waals surface area contributed by atoms with E-state index in [1.54, 1.807) is 18.2 Å². The van der Waals surface area contributed by atoms with Crippen LogP contribution < -0.4 is 4.74 Å². The third kappa shape index (κ3) is 4.21. The van der Waals surface area contributed by atoms with Crippen molar-refractivity contribution in [2.24, 2.45) is 0 Å². The van der Waals surface area contributed by atoms with Crippen LogP contribution in [0.4, 0.5) is 4.39 Å². The van der Waals surface area contributed by atoms with Gasteiger partial charge < -0.3 is 9.30 Å². The molecule has 3 aromatic carbocycles. The molecule has 0 amide bonds. The Hall–Kier alpha value is -3.11. The molecule has 1 aromatic heterocycles. The van der Waals surface area contributed by atoms with Crippen LogP contribution in [0.2, 0.25) is 0 Å². The Bertz CT molecular complexity index is 1170. The zero-order valence-electron chi connectivity index (χ0n) is 17.6. The van der Waals surface area contributed by atoms with E-state index in [1.165, 1.54) is 33.8 Å². The standard InChI is InChI=1S/C27H27FN2O/c28-24-11-5-7-13-27(24)31-19-15-23-22-10-4-6-12-25(22)30-18-17-29(16-14-26(23)30)20-21-8-2-1-3-9-21/h1-13H,14-20H2. The molecule has 0 radical (unpaired) electrons. The first-order chi connectivity index (χ1) is 15.3. The van der Waals surface area contributed by atoms with E-state index in [9.17, 15) is 4.39 Å². The zero-order valence-corrected chi connectivity index (χ0v) is 17.6. The Labute approximate surface area is 182 Å². The monoisotopic (exact) mass is 414 g/mol. The zero-order chi connectivity index (χ0) is 21.0. The van der Waals surface area contributed by atoms with Crippen LogP contribution in [0.1, 0.15) is 16.8 Å². The largest absolute Gasteiger partial charge is 0.490 e. The number of ether oxygens (including phenoxy) is 1. The second-order valence-electron chi connectivity index (χ2n) is 8.13. The second kappa shape index (κ2) is 8.94. The van der Waals surface area contributed by atoms with Gasteiger partial charge in [-0.05, 0) is 29.3 Å². The van der Waals surface area contributed by atoms with Crippen molar-refractivity contribution < 1.29 is 9.13 Å². The molecule has 0 unspecified atom stereocenters. The Kier molecular flexibility index (Phi) is 5.72. The third-order valence-corrected chi connectivity index (χ3v) is 6.19. The molecule has 1 aliphatic rings. The van der Waals surface area contributed by atoms with Gasteiger partial charge in [-0.1, -0.05) is 60.7 Å². The molecule has 31 heavy (non-hydrogen) atoms. The first kappa shape index (κ1) is 19.8. The lowest BCUT2D eigenvalue weighted by molar-refractivity contribution is 0.272. The predicted octanol–water partition coefficient (Wildman–Crippen LogP) is 5.46. The predicted molar refractivity (Wildman–Crippen MR) is 123 cm³/mol. The van der Waals surface area contributed by atoms with Gasteiger partial charge in [-0.25, -0.2) is 4.39 Å². The molecule has 158 valence electrons. The minimum Gasteiger partial charge on any atom is -0.490 e. The first-order valence-corrected chi connectivity index (χ1v) is 11.0. The molecule has 0 saturated carbocycles. The lowest BCUT2D eigenvalue weighted by Gasteiger charge is -2.19. The van der Waals surface area contributed by atoms with Crippen molar-refractivity contribution in [1.82, 2.24) is 9.47 Å². The Morgan fingerprint density at radius 3 is 2.45 bits per heavy atom. The normalized spacial score (nSPS) is 14.4. The van der Waals surface area contributed by atoms with Gasteiger partial charge in [-0.2, -0.15) is 0 Å². The molecule has 0 saturated heterocycles. The molecule has 0 aliphatic carbocycles. The van der Waals surface area contributed by atoms with Gasteiger partial charge in [0.2, 0.25) is 0 Å². The fourth-order valence-corrected chi connectivity index (χ4v) is 4.69. The van der Waals surface area contributed by atoms with Gasteiger partial charge in [0, 0.05) is 55.6 Å². The highest BCUT2D eigenvalue weighted by atomic mass is 19.1. The molecule has 0 atom stereocenters. The SMILES string of the molecule is Fc1ccccc1OCCc1c2n(c3ccccc13)CCN(Cc1ccccc1)CC2. The first-order valence-electron chi connectivity index (χ1n) is 11.0. The molecule has 3 nitrogen and oxygen atoms in total. The lowest BCUT2D eigenvalue weighted by atomic mass is 10.1. The molecule has 4 aromatic rings. The summed E-state index contributed by atoms with van der Waals surface area (Å²) in [5.74, 6) is 0.0192. The molecule has 0 spiro atoms. The molecule has 1 aliphatic heterocycles. The summed E-state index contributed by atoms with van der Waals surface area (Å²) >= 11 is 0. The smallest absolute Gasteiger partial charge is 0.165 e. The highest BCUT2D eigenvalue weighted by Gasteiger charge is 2.21. The van der Waals surface area contributed by atoms with E-state index in [0.29, 0.717) is 12.4 Å².